The number of nitrogens with zero attached hydrogens (tertiary/aromatic N) is 2. The zero-order valence-corrected chi connectivity index (χ0v) is 12.8. The Morgan fingerprint density at radius 2 is 1.88 bits per heavy atom. The van der Waals surface area contributed by atoms with Gasteiger partial charge in [-0.15, -0.1) is 0 Å². The summed E-state index contributed by atoms with van der Waals surface area (Å²) in [5, 5.41) is 6.84. The molecule has 0 aliphatic rings. The van der Waals surface area contributed by atoms with Crippen molar-refractivity contribution in [3.63, 3.8) is 0 Å². The van der Waals surface area contributed by atoms with Gasteiger partial charge in [0.05, 0.1) is 17.9 Å². The van der Waals surface area contributed by atoms with E-state index in [0.29, 0.717) is 5.69 Å². The standard InChI is InChI=1S/C17H13F3N4O/c18-17(19,20)15-6-2-4-12(23-15)10-22-16(25)24-14-5-1-3-11-9-21-8-7-13(11)14/h1-9H,10H2,(H2,22,24,25). The highest BCUT2D eigenvalue weighted by Crippen LogP contribution is 2.27. The van der Waals surface area contributed by atoms with E-state index in [9.17, 15) is 18.0 Å². The topological polar surface area (TPSA) is 66.9 Å². The minimum absolute atomic E-state index is 0.118. The molecule has 0 bridgehead atoms. The Bertz CT molecular complexity index is 906. The van der Waals surface area contributed by atoms with Crippen LogP contribution in [-0.4, -0.2) is 16.0 Å². The molecule has 2 heterocycles. The van der Waals surface area contributed by atoms with Gasteiger partial charge >= 0.3 is 12.2 Å². The minimum Gasteiger partial charge on any atom is -0.332 e. The molecular weight excluding hydrogens is 333 g/mol. The van der Waals surface area contributed by atoms with Crippen LogP contribution in [0, 0.1) is 0 Å². The van der Waals surface area contributed by atoms with Crippen LogP contribution in [0.3, 0.4) is 0 Å². The third kappa shape index (κ3) is 4.03. The normalized spacial score (nSPS) is 11.3. The van der Waals surface area contributed by atoms with Crippen LogP contribution in [0.5, 0.6) is 0 Å². The van der Waals surface area contributed by atoms with E-state index in [2.05, 4.69) is 20.6 Å². The number of hydrogen-bond acceptors (Lipinski definition) is 3. The lowest BCUT2D eigenvalue weighted by atomic mass is 10.1. The maximum absolute atomic E-state index is 12.6. The third-order valence-corrected chi connectivity index (χ3v) is 3.46. The number of urea groups is 1. The van der Waals surface area contributed by atoms with Crippen molar-refractivity contribution in [1.29, 1.82) is 0 Å². The fourth-order valence-corrected chi connectivity index (χ4v) is 2.30. The molecule has 5 nitrogen and oxygen atoms in total. The Hall–Kier alpha value is -3.16. The molecule has 2 aromatic heterocycles. The molecular formula is C17H13F3N4O. The molecule has 3 aromatic rings. The summed E-state index contributed by atoms with van der Waals surface area (Å²) in [5.41, 5.74) is -0.296. The number of fused-ring (bicyclic) bond motifs is 1. The fraction of sp³-hybridized carbons (Fsp3) is 0.118. The number of pyridine rings is 2. The number of anilines is 1. The van der Waals surface area contributed by atoms with Crippen molar-refractivity contribution in [3.05, 3.63) is 66.2 Å². The van der Waals surface area contributed by atoms with Crippen LogP contribution in [-0.2, 0) is 12.7 Å². The van der Waals surface area contributed by atoms with Crippen LogP contribution in [0.25, 0.3) is 10.8 Å². The molecule has 0 aliphatic heterocycles. The van der Waals surface area contributed by atoms with Gasteiger partial charge in [0, 0.05) is 23.2 Å². The molecule has 0 atom stereocenters. The van der Waals surface area contributed by atoms with Gasteiger partial charge in [0.1, 0.15) is 5.69 Å². The number of carbonyl (C=O) groups is 1. The molecule has 0 saturated heterocycles. The molecule has 0 radical (unpaired) electrons. The van der Waals surface area contributed by atoms with Gasteiger partial charge < -0.3 is 10.6 Å². The van der Waals surface area contributed by atoms with Crippen molar-refractivity contribution < 1.29 is 18.0 Å². The highest BCUT2D eigenvalue weighted by Gasteiger charge is 2.32. The summed E-state index contributed by atoms with van der Waals surface area (Å²) in [6.07, 6.45) is -1.24. The van der Waals surface area contributed by atoms with E-state index in [1.165, 1.54) is 12.1 Å². The summed E-state index contributed by atoms with van der Waals surface area (Å²) in [5.74, 6) is 0. The van der Waals surface area contributed by atoms with E-state index in [0.717, 1.165) is 16.8 Å². The molecule has 8 heteroatoms. The van der Waals surface area contributed by atoms with Crippen LogP contribution >= 0.6 is 0 Å². The molecule has 0 spiro atoms. The van der Waals surface area contributed by atoms with Crippen molar-refractivity contribution in [2.45, 2.75) is 12.7 Å². The lowest BCUT2D eigenvalue weighted by Gasteiger charge is -2.11. The predicted molar refractivity (Wildman–Crippen MR) is 86.8 cm³/mol. The van der Waals surface area contributed by atoms with Crippen LogP contribution in [0.1, 0.15) is 11.4 Å². The highest BCUT2D eigenvalue weighted by molar-refractivity contribution is 6.01. The summed E-state index contributed by atoms with van der Waals surface area (Å²) in [7, 11) is 0. The predicted octanol–water partition coefficient (Wildman–Crippen LogP) is 3.97. The van der Waals surface area contributed by atoms with Crippen LogP contribution in [0.15, 0.2) is 54.9 Å². The SMILES string of the molecule is O=C(NCc1cccc(C(F)(F)F)n1)Nc1cccc2cnccc12. The Labute approximate surface area is 140 Å². The number of rotatable bonds is 3. The fourth-order valence-electron chi connectivity index (χ4n) is 2.30. The summed E-state index contributed by atoms with van der Waals surface area (Å²) < 4.78 is 37.9. The second-order valence-electron chi connectivity index (χ2n) is 5.22. The van der Waals surface area contributed by atoms with Gasteiger partial charge in [0.2, 0.25) is 0 Å². The van der Waals surface area contributed by atoms with Crippen molar-refractivity contribution in [1.82, 2.24) is 15.3 Å². The molecule has 128 valence electrons. The number of aromatic nitrogens is 2. The van der Waals surface area contributed by atoms with Gasteiger partial charge in [0.15, 0.2) is 0 Å². The molecule has 2 N–H and O–H groups in total. The van der Waals surface area contributed by atoms with Gasteiger partial charge in [0.25, 0.3) is 0 Å². The number of hydrogen-bond donors (Lipinski definition) is 2. The molecule has 1 aromatic carbocycles. The number of halogens is 3. The van der Waals surface area contributed by atoms with E-state index in [1.807, 2.05) is 6.07 Å². The molecule has 0 saturated carbocycles. The van der Waals surface area contributed by atoms with Gasteiger partial charge in [-0.05, 0) is 24.3 Å². The van der Waals surface area contributed by atoms with Gasteiger partial charge in [-0.1, -0.05) is 18.2 Å². The highest BCUT2D eigenvalue weighted by atomic mass is 19.4. The van der Waals surface area contributed by atoms with Crippen molar-refractivity contribution >= 4 is 22.5 Å². The van der Waals surface area contributed by atoms with Crippen molar-refractivity contribution in [3.8, 4) is 0 Å². The lowest BCUT2D eigenvalue weighted by molar-refractivity contribution is -0.141. The molecule has 0 unspecified atom stereocenters. The molecule has 25 heavy (non-hydrogen) atoms. The Kier molecular flexibility index (Phi) is 4.51. The van der Waals surface area contributed by atoms with E-state index in [1.54, 1.807) is 30.6 Å². The largest absolute Gasteiger partial charge is 0.433 e. The number of alkyl halides is 3. The number of nitrogens with one attached hydrogen (secondary N) is 2. The number of carbonyl (C=O) groups excluding carboxylic acids is 1. The molecule has 0 aliphatic carbocycles. The van der Waals surface area contributed by atoms with Crippen LogP contribution in [0.2, 0.25) is 0 Å². The monoisotopic (exact) mass is 346 g/mol. The Morgan fingerprint density at radius 1 is 1.08 bits per heavy atom. The molecule has 3 rings (SSSR count). The van der Waals surface area contributed by atoms with Crippen LogP contribution in [0.4, 0.5) is 23.7 Å². The smallest absolute Gasteiger partial charge is 0.332 e. The average Bonchev–Trinajstić information content (AvgIpc) is 2.60. The zero-order chi connectivity index (χ0) is 17.9. The lowest BCUT2D eigenvalue weighted by Crippen LogP contribution is -2.28. The first-order chi connectivity index (χ1) is 11.9. The van der Waals surface area contributed by atoms with Crippen molar-refractivity contribution in [2.75, 3.05) is 5.32 Å². The third-order valence-electron chi connectivity index (χ3n) is 3.46. The van der Waals surface area contributed by atoms with Gasteiger partial charge in [-0.3, -0.25) is 4.98 Å². The number of amides is 2. The first-order valence-electron chi connectivity index (χ1n) is 7.34. The summed E-state index contributed by atoms with van der Waals surface area (Å²) in [4.78, 5) is 19.5. The van der Waals surface area contributed by atoms with Gasteiger partial charge in [-0.2, -0.15) is 13.2 Å². The number of benzene rings is 1. The second-order valence-corrected chi connectivity index (χ2v) is 5.22. The molecule has 0 fully saturated rings. The Balaban J connectivity index is 1.67. The van der Waals surface area contributed by atoms with E-state index < -0.39 is 17.9 Å². The average molecular weight is 346 g/mol. The second kappa shape index (κ2) is 6.76. The quantitative estimate of drug-likeness (QED) is 0.754. The Morgan fingerprint density at radius 3 is 2.68 bits per heavy atom. The van der Waals surface area contributed by atoms with E-state index in [-0.39, 0.29) is 12.2 Å². The van der Waals surface area contributed by atoms with E-state index in [4.69, 9.17) is 0 Å². The maximum atomic E-state index is 12.6. The maximum Gasteiger partial charge on any atom is 0.433 e. The molecule has 2 amide bonds. The van der Waals surface area contributed by atoms with Crippen molar-refractivity contribution in [2.24, 2.45) is 0 Å². The first kappa shape index (κ1) is 16.7. The summed E-state index contributed by atoms with van der Waals surface area (Å²) in [6, 6.07) is 10.1. The summed E-state index contributed by atoms with van der Waals surface area (Å²) in [6.45, 7) is -0.123. The first-order valence-corrected chi connectivity index (χ1v) is 7.34. The van der Waals surface area contributed by atoms with Gasteiger partial charge in [-0.25, -0.2) is 9.78 Å². The van der Waals surface area contributed by atoms with E-state index >= 15 is 0 Å². The minimum atomic E-state index is -4.52. The van der Waals surface area contributed by atoms with Crippen LogP contribution < -0.4 is 10.6 Å². The zero-order valence-electron chi connectivity index (χ0n) is 12.8. The summed E-state index contributed by atoms with van der Waals surface area (Å²) >= 11 is 0.